The van der Waals surface area contributed by atoms with E-state index in [2.05, 4.69) is 5.16 Å². The van der Waals surface area contributed by atoms with Gasteiger partial charge in [-0.05, 0) is 38.0 Å². The van der Waals surface area contributed by atoms with Gasteiger partial charge in [0.15, 0.2) is 0 Å². The minimum atomic E-state index is -0.0743. The maximum Gasteiger partial charge on any atom is 0.259 e. The van der Waals surface area contributed by atoms with Gasteiger partial charge in [-0.3, -0.25) is 9.59 Å². The predicted octanol–water partition coefficient (Wildman–Crippen LogP) is 2.46. The summed E-state index contributed by atoms with van der Waals surface area (Å²) in [7, 11) is 1.60. The first kappa shape index (κ1) is 18.9. The van der Waals surface area contributed by atoms with Crippen LogP contribution in [0.2, 0.25) is 0 Å². The monoisotopic (exact) mass is 371 g/mol. The molecule has 2 heterocycles. The van der Waals surface area contributed by atoms with E-state index in [0.717, 1.165) is 5.56 Å². The molecule has 2 amide bonds. The van der Waals surface area contributed by atoms with Gasteiger partial charge in [0.05, 0.1) is 12.8 Å². The molecule has 3 rings (SSSR count). The molecule has 0 aliphatic carbocycles. The molecule has 1 aromatic heterocycles. The molecule has 1 saturated heterocycles. The number of carbonyl (C=O) groups is 2. The standard InChI is InChI=1S/C20H25N3O4/c1-5-16-18(14(3)27-21-16)20(25)23-10-8-22(9-11-23)19(24)15-7-6-13(2)17(12-15)26-4/h6-7,12H,5,8-11H2,1-4H3. The molecule has 0 radical (unpaired) electrons. The zero-order valence-electron chi connectivity index (χ0n) is 16.2. The number of hydrogen-bond acceptors (Lipinski definition) is 5. The van der Waals surface area contributed by atoms with Gasteiger partial charge in [0, 0.05) is 31.7 Å². The highest BCUT2D eigenvalue weighted by atomic mass is 16.5. The number of ether oxygens (including phenoxy) is 1. The van der Waals surface area contributed by atoms with Crippen molar-refractivity contribution in [1.82, 2.24) is 15.0 Å². The molecule has 7 heteroatoms. The van der Waals surface area contributed by atoms with E-state index in [4.69, 9.17) is 9.26 Å². The highest BCUT2D eigenvalue weighted by Crippen LogP contribution is 2.21. The topological polar surface area (TPSA) is 75.9 Å². The number of amides is 2. The van der Waals surface area contributed by atoms with Crippen LogP contribution in [-0.4, -0.2) is 60.1 Å². The molecule has 0 N–H and O–H groups in total. The van der Waals surface area contributed by atoms with Crippen LogP contribution >= 0.6 is 0 Å². The molecular formula is C20H25N3O4. The van der Waals surface area contributed by atoms with Crippen LogP contribution in [0.3, 0.4) is 0 Å². The van der Waals surface area contributed by atoms with Crippen molar-refractivity contribution < 1.29 is 18.8 Å². The fourth-order valence-corrected chi connectivity index (χ4v) is 3.34. The molecule has 1 aliphatic heterocycles. The highest BCUT2D eigenvalue weighted by molar-refractivity contribution is 5.97. The van der Waals surface area contributed by atoms with Gasteiger partial charge in [-0.2, -0.15) is 0 Å². The minimum absolute atomic E-state index is 0.0456. The Hall–Kier alpha value is -2.83. The molecule has 0 saturated carbocycles. The molecule has 0 spiro atoms. The van der Waals surface area contributed by atoms with Crippen molar-refractivity contribution in [1.29, 1.82) is 0 Å². The summed E-state index contributed by atoms with van der Waals surface area (Å²) in [6.45, 7) is 7.60. The van der Waals surface area contributed by atoms with Crippen LogP contribution in [0.5, 0.6) is 5.75 Å². The number of methoxy groups -OCH3 is 1. The third-order valence-electron chi connectivity index (χ3n) is 4.99. The number of piperazine rings is 1. The molecule has 1 fully saturated rings. The van der Waals surface area contributed by atoms with Gasteiger partial charge in [0.25, 0.3) is 11.8 Å². The van der Waals surface area contributed by atoms with Crippen molar-refractivity contribution >= 4 is 11.8 Å². The van der Waals surface area contributed by atoms with Crippen molar-refractivity contribution in [2.45, 2.75) is 27.2 Å². The fourth-order valence-electron chi connectivity index (χ4n) is 3.34. The van der Waals surface area contributed by atoms with E-state index in [0.29, 0.717) is 60.9 Å². The van der Waals surface area contributed by atoms with E-state index < -0.39 is 0 Å². The van der Waals surface area contributed by atoms with Crippen LogP contribution < -0.4 is 4.74 Å². The summed E-state index contributed by atoms with van der Waals surface area (Å²) in [5, 5.41) is 3.96. The van der Waals surface area contributed by atoms with Crippen molar-refractivity contribution in [2.75, 3.05) is 33.3 Å². The smallest absolute Gasteiger partial charge is 0.259 e. The van der Waals surface area contributed by atoms with E-state index in [1.807, 2.05) is 26.0 Å². The van der Waals surface area contributed by atoms with Gasteiger partial charge in [0.2, 0.25) is 0 Å². The Balaban J connectivity index is 1.67. The maximum atomic E-state index is 12.8. The fraction of sp³-hybridized carbons (Fsp3) is 0.450. The Kier molecular flexibility index (Phi) is 5.48. The molecule has 144 valence electrons. The second kappa shape index (κ2) is 7.82. The maximum absolute atomic E-state index is 12.8. The normalized spacial score (nSPS) is 14.4. The Morgan fingerprint density at radius 3 is 2.33 bits per heavy atom. The van der Waals surface area contributed by atoms with E-state index >= 15 is 0 Å². The quantitative estimate of drug-likeness (QED) is 0.825. The Morgan fingerprint density at radius 1 is 1.11 bits per heavy atom. The minimum Gasteiger partial charge on any atom is -0.496 e. The number of nitrogens with zero attached hydrogens (tertiary/aromatic N) is 3. The zero-order valence-corrected chi connectivity index (χ0v) is 16.2. The summed E-state index contributed by atoms with van der Waals surface area (Å²) in [6, 6.07) is 5.46. The largest absolute Gasteiger partial charge is 0.496 e. The summed E-state index contributed by atoms with van der Waals surface area (Å²) in [5.74, 6) is 1.12. The molecule has 2 aromatic rings. The van der Waals surface area contributed by atoms with Crippen LogP contribution in [0.15, 0.2) is 22.7 Å². The first-order chi connectivity index (χ1) is 13.0. The first-order valence-electron chi connectivity index (χ1n) is 9.14. The molecular weight excluding hydrogens is 346 g/mol. The molecule has 0 bridgehead atoms. The molecule has 1 aliphatic rings. The molecule has 0 unspecified atom stereocenters. The molecule has 0 atom stereocenters. The number of aryl methyl sites for hydroxylation is 3. The van der Waals surface area contributed by atoms with Gasteiger partial charge >= 0.3 is 0 Å². The number of aromatic nitrogens is 1. The molecule has 7 nitrogen and oxygen atoms in total. The van der Waals surface area contributed by atoms with E-state index in [9.17, 15) is 9.59 Å². The highest BCUT2D eigenvalue weighted by Gasteiger charge is 2.29. The summed E-state index contributed by atoms with van der Waals surface area (Å²) in [5.41, 5.74) is 2.82. The second-order valence-electron chi connectivity index (χ2n) is 6.68. The number of rotatable bonds is 4. The van der Waals surface area contributed by atoms with Crippen molar-refractivity contribution in [3.05, 3.63) is 46.3 Å². The number of carbonyl (C=O) groups excluding carboxylic acids is 2. The number of benzene rings is 1. The second-order valence-corrected chi connectivity index (χ2v) is 6.68. The summed E-state index contributed by atoms with van der Waals surface area (Å²) in [6.07, 6.45) is 0.645. The van der Waals surface area contributed by atoms with E-state index in [1.54, 1.807) is 29.9 Å². The lowest BCUT2D eigenvalue weighted by atomic mass is 10.1. The van der Waals surface area contributed by atoms with E-state index in [1.165, 1.54) is 0 Å². The van der Waals surface area contributed by atoms with Gasteiger partial charge in [0.1, 0.15) is 17.1 Å². The van der Waals surface area contributed by atoms with Gasteiger partial charge in [-0.25, -0.2) is 0 Å². The van der Waals surface area contributed by atoms with Crippen LogP contribution in [0.4, 0.5) is 0 Å². The third-order valence-corrected chi connectivity index (χ3v) is 4.99. The zero-order chi connectivity index (χ0) is 19.6. The first-order valence-corrected chi connectivity index (χ1v) is 9.14. The lowest BCUT2D eigenvalue weighted by Gasteiger charge is -2.34. The summed E-state index contributed by atoms with van der Waals surface area (Å²) in [4.78, 5) is 29.2. The summed E-state index contributed by atoms with van der Waals surface area (Å²) < 4.78 is 10.5. The van der Waals surface area contributed by atoms with Gasteiger partial charge < -0.3 is 19.1 Å². The molecule has 1 aromatic carbocycles. The lowest BCUT2D eigenvalue weighted by molar-refractivity contribution is 0.0533. The van der Waals surface area contributed by atoms with Gasteiger partial charge in [-0.15, -0.1) is 0 Å². The summed E-state index contributed by atoms with van der Waals surface area (Å²) >= 11 is 0. The Labute approximate surface area is 158 Å². The van der Waals surface area contributed by atoms with Crippen molar-refractivity contribution in [3.63, 3.8) is 0 Å². The molecule has 27 heavy (non-hydrogen) atoms. The third kappa shape index (κ3) is 3.67. The van der Waals surface area contributed by atoms with Crippen LogP contribution in [0.1, 0.15) is 44.7 Å². The lowest BCUT2D eigenvalue weighted by Crippen LogP contribution is -2.50. The van der Waals surface area contributed by atoms with E-state index in [-0.39, 0.29) is 11.8 Å². The Morgan fingerprint density at radius 2 is 1.74 bits per heavy atom. The average molecular weight is 371 g/mol. The van der Waals surface area contributed by atoms with Crippen molar-refractivity contribution in [3.8, 4) is 5.75 Å². The van der Waals surface area contributed by atoms with Crippen molar-refractivity contribution in [2.24, 2.45) is 0 Å². The van der Waals surface area contributed by atoms with Crippen LogP contribution in [0, 0.1) is 13.8 Å². The Bertz CT molecular complexity index is 851. The SMILES string of the molecule is CCc1noc(C)c1C(=O)N1CCN(C(=O)c2ccc(C)c(OC)c2)CC1. The number of hydrogen-bond donors (Lipinski definition) is 0. The average Bonchev–Trinajstić information content (AvgIpc) is 3.08. The van der Waals surface area contributed by atoms with Crippen LogP contribution in [-0.2, 0) is 6.42 Å². The predicted molar refractivity (Wildman–Crippen MR) is 100 cm³/mol. The van der Waals surface area contributed by atoms with Gasteiger partial charge in [-0.1, -0.05) is 18.1 Å². The van der Waals surface area contributed by atoms with Crippen LogP contribution in [0.25, 0.3) is 0 Å².